The van der Waals surface area contributed by atoms with Gasteiger partial charge in [-0.15, -0.1) is 16.8 Å². The standard InChI is InChI=1S/C30H34N4OS/c1-8-17-33-28(23-11-13-24(14-12-23)30(5,6)7)31-32-29(33)36-19-27(35)26-18-21(3)34(22(26)4)25-15-9-20(2)10-16-25/h8-16,18H,1,17,19H2,2-7H3. The van der Waals surface area contributed by atoms with Crippen molar-refractivity contribution in [1.29, 1.82) is 0 Å². The first-order chi connectivity index (χ1) is 17.1. The Morgan fingerprint density at radius 1 is 1.00 bits per heavy atom. The maximum absolute atomic E-state index is 13.3. The van der Waals surface area contributed by atoms with E-state index >= 15 is 0 Å². The van der Waals surface area contributed by atoms with Gasteiger partial charge in [0.2, 0.25) is 0 Å². The molecule has 0 N–H and O–H groups in total. The zero-order valence-corrected chi connectivity index (χ0v) is 22.8. The van der Waals surface area contributed by atoms with Crippen LogP contribution in [0.2, 0.25) is 0 Å². The highest BCUT2D eigenvalue weighted by Gasteiger charge is 2.20. The van der Waals surface area contributed by atoms with Crippen molar-refractivity contribution in [2.75, 3.05) is 5.75 Å². The number of aromatic nitrogens is 4. The summed E-state index contributed by atoms with van der Waals surface area (Å²) in [5, 5.41) is 9.59. The minimum absolute atomic E-state index is 0.0793. The maximum Gasteiger partial charge on any atom is 0.192 e. The van der Waals surface area contributed by atoms with Crippen LogP contribution in [0.4, 0.5) is 0 Å². The molecule has 0 bridgehead atoms. The molecule has 2 heterocycles. The third-order valence-electron chi connectivity index (χ3n) is 6.39. The smallest absolute Gasteiger partial charge is 0.192 e. The van der Waals surface area contributed by atoms with Crippen molar-refractivity contribution in [3.63, 3.8) is 0 Å². The number of hydrogen-bond acceptors (Lipinski definition) is 4. The normalized spacial score (nSPS) is 11.6. The quantitative estimate of drug-likeness (QED) is 0.147. The molecule has 0 aliphatic carbocycles. The molecule has 4 aromatic rings. The highest BCUT2D eigenvalue weighted by molar-refractivity contribution is 7.99. The van der Waals surface area contributed by atoms with Gasteiger partial charge in [-0.2, -0.15) is 0 Å². The molecule has 2 aromatic heterocycles. The van der Waals surface area contributed by atoms with Crippen molar-refractivity contribution in [3.8, 4) is 17.1 Å². The number of thioether (sulfide) groups is 1. The van der Waals surface area contributed by atoms with E-state index in [2.05, 4.69) is 97.6 Å². The van der Waals surface area contributed by atoms with Gasteiger partial charge in [-0.25, -0.2) is 0 Å². The molecule has 5 nitrogen and oxygen atoms in total. The highest BCUT2D eigenvalue weighted by Crippen LogP contribution is 2.29. The lowest BCUT2D eigenvalue weighted by molar-refractivity contribution is 0.102. The molecule has 0 atom stereocenters. The molecule has 0 saturated carbocycles. The minimum Gasteiger partial charge on any atom is -0.318 e. The van der Waals surface area contributed by atoms with Crippen LogP contribution in [0.3, 0.4) is 0 Å². The molecule has 4 rings (SSSR count). The summed E-state index contributed by atoms with van der Waals surface area (Å²) >= 11 is 1.42. The molecule has 0 spiro atoms. The van der Waals surface area contributed by atoms with Crippen molar-refractivity contribution < 1.29 is 4.79 Å². The van der Waals surface area contributed by atoms with Crippen molar-refractivity contribution in [2.45, 2.75) is 58.7 Å². The lowest BCUT2D eigenvalue weighted by Gasteiger charge is -2.19. The summed E-state index contributed by atoms with van der Waals surface area (Å²) in [6, 6.07) is 18.8. The molecule has 2 aromatic carbocycles. The summed E-state index contributed by atoms with van der Waals surface area (Å²) in [5.41, 5.74) is 7.37. The first-order valence-electron chi connectivity index (χ1n) is 12.2. The zero-order chi connectivity index (χ0) is 26.0. The molecule has 6 heteroatoms. The predicted octanol–water partition coefficient (Wildman–Crippen LogP) is 7.12. The van der Waals surface area contributed by atoms with Crippen LogP contribution in [0.15, 0.2) is 72.4 Å². The van der Waals surface area contributed by atoms with Crippen LogP contribution in [0, 0.1) is 20.8 Å². The summed E-state index contributed by atoms with van der Waals surface area (Å²) in [4.78, 5) is 13.3. The van der Waals surface area contributed by atoms with Crippen molar-refractivity contribution >= 4 is 17.5 Å². The summed E-state index contributed by atoms with van der Waals surface area (Å²) in [6.45, 7) is 17.2. The van der Waals surface area contributed by atoms with Gasteiger partial charge in [0.25, 0.3) is 0 Å². The molecule has 0 fully saturated rings. The molecule has 0 aliphatic heterocycles. The van der Waals surface area contributed by atoms with Crippen molar-refractivity contribution in [2.24, 2.45) is 0 Å². The molecule has 0 radical (unpaired) electrons. The van der Waals surface area contributed by atoms with Crippen LogP contribution < -0.4 is 0 Å². The number of benzene rings is 2. The lowest BCUT2D eigenvalue weighted by Crippen LogP contribution is -2.10. The SMILES string of the molecule is C=CCn1c(SCC(=O)c2cc(C)n(-c3ccc(C)cc3)c2C)nnc1-c1ccc(C(C)(C)C)cc1. The van der Waals surface area contributed by atoms with Crippen LogP contribution in [-0.4, -0.2) is 30.9 Å². The summed E-state index contributed by atoms with van der Waals surface area (Å²) in [6.07, 6.45) is 1.83. The average Bonchev–Trinajstić information content (AvgIpc) is 3.38. The Hall–Kier alpha value is -3.38. The monoisotopic (exact) mass is 498 g/mol. The van der Waals surface area contributed by atoms with E-state index in [-0.39, 0.29) is 17.0 Å². The zero-order valence-electron chi connectivity index (χ0n) is 22.0. The Bertz CT molecular complexity index is 1390. The fourth-order valence-corrected chi connectivity index (χ4v) is 5.20. The number of rotatable bonds is 8. The van der Waals surface area contributed by atoms with Gasteiger partial charge in [-0.3, -0.25) is 9.36 Å². The number of allylic oxidation sites excluding steroid dienone is 1. The lowest BCUT2D eigenvalue weighted by atomic mass is 9.87. The Morgan fingerprint density at radius 2 is 1.67 bits per heavy atom. The van der Waals surface area contributed by atoms with Gasteiger partial charge in [0.15, 0.2) is 16.8 Å². The molecular formula is C30H34N4OS. The largest absolute Gasteiger partial charge is 0.318 e. The number of hydrogen-bond donors (Lipinski definition) is 0. The highest BCUT2D eigenvalue weighted by atomic mass is 32.2. The maximum atomic E-state index is 13.3. The van der Waals surface area contributed by atoms with Gasteiger partial charge < -0.3 is 4.57 Å². The van der Waals surface area contributed by atoms with Crippen LogP contribution in [0.25, 0.3) is 17.1 Å². The molecular weight excluding hydrogens is 464 g/mol. The van der Waals surface area contributed by atoms with E-state index in [4.69, 9.17) is 0 Å². The van der Waals surface area contributed by atoms with E-state index in [1.165, 1.54) is 22.9 Å². The number of Topliss-reactive ketones (excluding diaryl/α,β-unsaturated/α-hetero) is 1. The summed E-state index contributed by atoms with van der Waals surface area (Å²) in [7, 11) is 0. The van der Waals surface area contributed by atoms with Gasteiger partial charge >= 0.3 is 0 Å². The fraction of sp³-hybridized carbons (Fsp3) is 0.300. The molecule has 0 aliphatic rings. The van der Waals surface area contributed by atoms with E-state index in [0.29, 0.717) is 11.7 Å². The number of carbonyl (C=O) groups is 1. The molecule has 0 amide bonds. The second-order valence-corrected chi connectivity index (χ2v) is 11.1. The number of aryl methyl sites for hydroxylation is 2. The number of carbonyl (C=O) groups excluding carboxylic acids is 1. The molecule has 0 saturated heterocycles. The topological polar surface area (TPSA) is 52.7 Å². The van der Waals surface area contributed by atoms with Gasteiger partial charge in [0.1, 0.15) is 0 Å². The Morgan fingerprint density at radius 3 is 2.28 bits per heavy atom. The van der Waals surface area contributed by atoms with Crippen molar-refractivity contribution in [1.82, 2.24) is 19.3 Å². The molecule has 186 valence electrons. The van der Waals surface area contributed by atoms with E-state index < -0.39 is 0 Å². The molecule has 0 unspecified atom stereocenters. The second kappa shape index (κ2) is 10.3. The first-order valence-corrected chi connectivity index (χ1v) is 13.2. The average molecular weight is 499 g/mol. The Balaban J connectivity index is 1.55. The summed E-state index contributed by atoms with van der Waals surface area (Å²) < 4.78 is 4.16. The second-order valence-electron chi connectivity index (χ2n) is 10.2. The van der Waals surface area contributed by atoms with Crippen LogP contribution in [0.5, 0.6) is 0 Å². The van der Waals surface area contributed by atoms with E-state index in [1.54, 1.807) is 0 Å². The van der Waals surface area contributed by atoms with Crippen LogP contribution >= 0.6 is 11.8 Å². The molecule has 36 heavy (non-hydrogen) atoms. The first kappa shape index (κ1) is 25.7. The fourth-order valence-electron chi connectivity index (χ4n) is 4.37. The van der Waals surface area contributed by atoms with Gasteiger partial charge in [0, 0.05) is 34.7 Å². The minimum atomic E-state index is 0.0793. The van der Waals surface area contributed by atoms with E-state index in [9.17, 15) is 4.79 Å². The predicted molar refractivity (Wildman–Crippen MR) is 149 cm³/mol. The van der Waals surface area contributed by atoms with Crippen LogP contribution in [0.1, 0.15) is 53.6 Å². The van der Waals surface area contributed by atoms with Crippen molar-refractivity contribution in [3.05, 3.63) is 95.3 Å². The van der Waals surface area contributed by atoms with E-state index in [1.807, 2.05) is 30.6 Å². The number of ketones is 1. The van der Waals surface area contributed by atoms with Gasteiger partial charge in [-0.05, 0) is 49.9 Å². The third-order valence-corrected chi connectivity index (χ3v) is 7.36. The van der Waals surface area contributed by atoms with Crippen LogP contribution in [-0.2, 0) is 12.0 Å². The van der Waals surface area contributed by atoms with Gasteiger partial charge in [-0.1, -0.05) is 80.6 Å². The Kier molecular flexibility index (Phi) is 7.36. The number of nitrogens with zero attached hydrogens (tertiary/aromatic N) is 4. The van der Waals surface area contributed by atoms with Gasteiger partial charge in [0.05, 0.1) is 5.75 Å². The third kappa shape index (κ3) is 5.24. The Labute approximate surface area is 218 Å². The van der Waals surface area contributed by atoms with E-state index in [0.717, 1.165) is 34.0 Å². The summed E-state index contributed by atoms with van der Waals surface area (Å²) in [5.74, 6) is 1.15.